The van der Waals surface area contributed by atoms with Gasteiger partial charge in [-0.3, -0.25) is 4.79 Å². The maximum Gasteiger partial charge on any atom is 0.307 e. The predicted octanol–water partition coefficient (Wildman–Crippen LogP) is 3.81. The van der Waals surface area contributed by atoms with Gasteiger partial charge in [0.1, 0.15) is 11.5 Å². The van der Waals surface area contributed by atoms with Crippen molar-refractivity contribution < 1.29 is 14.3 Å². The first-order valence-electron chi connectivity index (χ1n) is 7.05. The van der Waals surface area contributed by atoms with Crippen LogP contribution in [0.3, 0.4) is 0 Å². The van der Waals surface area contributed by atoms with E-state index in [9.17, 15) is 9.18 Å². The molecule has 1 N–H and O–H groups in total. The van der Waals surface area contributed by atoms with Crippen LogP contribution in [-0.2, 0) is 17.8 Å². The summed E-state index contributed by atoms with van der Waals surface area (Å²) in [5, 5.41) is 10.4. The minimum Gasteiger partial charge on any atom is -0.481 e. The van der Waals surface area contributed by atoms with Gasteiger partial charge in [0.2, 0.25) is 0 Å². The first kappa shape index (κ1) is 15.5. The Hall–Kier alpha value is -2.40. The number of fused-ring (bicyclic) bond motifs is 1. The van der Waals surface area contributed by atoms with Gasteiger partial charge in [-0.25, -0.2) is 9.37 Å². The second kappa shape index (κ2) is 6.01. The van der Waals surface area contributed by atoms with Gasteiger partial charge in [-0.1, -0.05) is 11.6 Å². The lowest BCUT2D eigenvalue weighted by molar-refractivity contribution is -0.136. The maximum absolute atomic E-state index is 13.5. The van der Waals surface area contributed by atoms with E-state index in [0.29, 0.717) is 28.3 Å². The number of aromatic nitrogens is 2. The molecule has 0 aliphatic rings. The zero-order valence-electron chi connectivity index (χ0n) is 12.4. The minimum absolute atomic E-state index is 0.0854. The Bertz CT molecular complexity index is 905. The zero-order chi connectivity index (χ0) is 16.6. The van der Waals surface area contributed by atoms with Gasteiger partial charge in [-0.05, 0) is 48.4 Å². The smallest absolute Gasteiger partial charge is 0.307 e. The van der Waals surface area contributed by atoms with Crippen LogP contribution in [0.4, 0.5) is 4.39 Å². The summed E-state index contributed by atoms with van der Waals surface area (Å²) in [5.41, 5.74) is 2.80. The molecule has 1 aromatic carbocycles. The van der Waals surface area contributed by atoms with Crippen molar-refractivity contribution in [2.45, 2.75) is 19.9 Å². The van der Waals surface area contributed by atoms with E-state index in [2.05, 4.69) is 4.98 Å². The molecular weight excluding hydrogens is 319 g/mol. The predicted molar refractivity (Wildman–Crippen MR) is 86.3 cm³/mol. The largest absolute Gasteiger partial charge is 0.481 e. The standard InChI is InChI=1S/C17H14ClFN2O2/c1-10-14(8-16(22)23)13-3-2-6-20-17(13)21(10)9-11-7-12(19)4-5-15(11)18/h2-7H,8-9H2,1H3,(H,22,23). The van der Waals surface area contributed by atoms with E-state index in [0.717, 1.165) is 11.1 Å². The third kappa shape index (κ3) is 2.92. The molecule has 6 heteroatoms. The van der Waals surface area contributed by atoms with Gasteiger partial charge >= 0.3 is 5.97 Å². The van der Waals surface area contributed by atoms with Crippen LogP contribution in [0.25, 0.3) is 11.0 Å². The van der Waals surface area contributed by atoms with Crippen LogP contribution in [0.15, 0.2) is 36.5 Å². The number of halogens is 2. The number of aliphatic carboxylic acids is 1. The average Bonchev–Trinajstić information content (AvgIpc) is 2.76. The van der Waals surface area contributed by atoms with Gasteiger partial charge < -0.3 is 9.67 Å². The number of nitrogens with zero attached hydrogens (tertiary/aromatic N) is 2. The zero-order valence-corrected chi connectivity index (χ0v) is 13.1. The molecule has 0 radical (unpaired) electrons. The van der Waals surface area contributed by atoms with Crippen LogP contribution >= 0.6 is 11.6 Å². The summed E-state index contributed by atoms with van der Waals surface area (Å²) in [7, 11) is 0. The fourth-order valence-corrected chi connectivity index (χ4v) is 2.94. The first-order chi connectivity index (χ1) is 11.0. The Morgan fingerprint density at radius 3 is 2.91 bits per heavy atom. The molecule has 0 amide bonds. The third-order valence-corrected chi connectivity index (χ3v) is 4.24. The number of hydrogen-bond donors (Lipinski definition) is 1. The van der Waals surface area contributed by atoms with E-state index in [1.165, 1.54) is 18.2 Å². The van der Waals surface area contributed by atoms with Crippen LogP contribution in [0.5, 0.6) is 0 Å². The molecule has 0 aliphatic heterocycles. The van der Waals surface area contributed by atoms with Crippen molar-refractivity contribution in [1.29, 1.82) is 0 Å². The molecule has 4 nitrogen and oxygen atoms in total. The SMILES string of the molecule is Cc1c(CC(=O)O)c2cccnc2n1Cc1cc(F)ccc1Cl. The van der Waals surface area contributed by atoms with Crippen molar-refractivity contribution in [2.75, 3.05) is 0 Å². The van der Waals surface area contributed by atoms with E-state index in [4.69, 9.17) is 16.7 Å². The number of benzene rings is 1. The topological polar surface area (TPSA) is 55.1 Å². The summed E-state index contributed by atoms with van der Waals surface area (Å²) in [5.74, 6) is -1.27. The lowest BCUT2D eigenvalue weighted by Crippen LogP contribution is -2.06. The van der Waals surface area contributed by atoms with E-state index in [-0.39, 0.29) is 12.2 Å². The lowest BCUT2D eigenvalue weighted by atomic mass is 10.1. The lowest BCUT2D eigenvalue weighted by Gasteiger charge is -2.10. The highest BCUT2D eigenvalue weighted by molar-refractivity contribution is 6.31. The molecule has 2 aromatic heterocycles. The summed E-state index contributed by atoms with van der Waals surface area (Å²) in [4.78, 5) is 15.5. The van der Waals surface area contributed by atoms with Gasteiger partial charge in [-0.2, -0.15) is 0 Å². The molecule has 3 rings (SSSR count). The van der Waals surface area contributed by atoms with Crippen molar-refractivity contribution in [3.05, 3.63) is 64.2 Å². The van der Waals surface area contributed by atoms with Crippen LogP contribution in [0.1, 0.15) is 16.8 Å². The molecule has 118 valence electrons. The molecule has 23 heavy (non-hydrogen) atoms. The van der Waals surface area contributed by atoms with Crippen molar-refractivity contribution >= 4 is 28.6 Å². The molecule has 0 aliphatic carbocycles. The van der Waals surface area contributed by atoms with Crippen molar-refractivity contribution in [3.8, 4) is 0 Å². The van der Waals surface area contributed by atoms with E-state index in [1.54, 1.807) is 12.3 Å². The normalized spacial score (nSPS) is 11.1. The summed E-state index contributed by atoms with van der Waals surface area (Å²) >= 11 is 6.15. The van der Waals surface area contributed by atoms with E-state index >= 15 is 0 Å². The number of rotatable bonds is 4. The van der Waals surface area contributed by atoms with Crippen molar-refractivity contribution in [1.82, 2.24) is 9.55 Å². The minimum atomic E-state index is -0.903. The molecule has 0 atom stereocenters. The molecule has 0 fully saturated rings. The molecule has 3 aromatic rings. The molecular formula is C17H14ClFN2O2. The molecule has 0 saturated carbocycles. The number of carbonyl (C=O) groups is 1. The number of pyridine rings is 1. The van der Waals surface area contributed by atoms with Crippen molar-refractivity contribution in [2.24, 2.45) is 0 Å². The fourth-order valence-electron chi connectivity index (χ4n) is 2.77. The van der Waals surface area contributed by atoms with E-state index < -0.39 is 5.97 Å². The highest BCUT2D eigenvalue weighted by atomic mass is 35.5. The van der Waals surface area contributed by atoms with Crippen LogP contribution < -0.4 is 0 Å². The first-order valence-corrected chi connectivity index (χ1v) is 7.43. The quantitative estimate of drug-likeness (QED) is 0.790. The Labute approximate surface area is 137 Å². The maximum atomic E-state index is 13.5. The summed E-state index contributed by atoms with van der Waals surface area (Å²) in [6, 6.07) is 7.82. The van der Waals surface area contributed by atoms with Crippen LogP contribution in [0, 0.1) is 12.7 Å². The Kier molecular flexibility index (Phi) is 4.05. The van der Waals surface area contributed by atoms with E-state index in [1.807, 2.05) is 17.6 Å². The van der Waals surface area contributed by atoms with Crippen LogP contribution in [-0.4, -0.2) is 20.6 Å². The second-order valence-corrected chi connectivity index (χ2v) is 5.74. The summed E-state index contributed by atoms with van der Waals surface area (Å²) in [6.07, 6.45) is 1.56. The monoisotopic (exact) mass is 332 g/mol. The summed E-state index contributed by atoms with van der Waals surface area (Å²) < 4.78 is 15.3. The Morgan fingerprint density at radius 1 is 1.39 bits per heavy atom. The molecule has 0 unspecified atom stereocenters. The van der Waals surface area contributed by atoms with Gasteiger partial charge in [0.15, 0.2) is 0 Å². The second-order valence-electron chi connectivity index (χ2n) is 5.33. The number of hydrogen-bond acceptors (Lipinski definition) is 2. The number of carboxylic acids is 1. The number of carboxylic acid groups (broad SMARTS) is 1. The Morgan fingerprint density at radius 2 is 2.17 bits per heavy atom. The molecule has 0 saturated heterocycles. The fraction of sp³-hybridized carbons (Fsp3) is 0.176. The molecule has 2 heterocycles. The van der Waals surface area contributed by atoms with Crippen molar-refractivity contribution in [3.63, 3.8) is 0 Å². The van der Waals surface area contributed by atoms with Crippen LogP contribution in [0.2, 0.25) is 5.02 Å². The third-order valence-electron chi connectivity index (χ3n) is 3.87. The Balaban J connectivity index is 2.15. The highest BCUT2D eigenvalue weighted by Crippen LogP contribution is 2.27. The van der Waals surface area contributed by atoms with Gasteiger partial charge in [0.25, 0.3) is 0 Å². The highest BCUT2D eigenvalue weighted by Gasteiger charge is 2.18. The summed E-state index contributed by atoms with van der Waals surface area (Å²) in [6.45, 7) is 2.17. The molecule has 0 bridgehead atoms. The van der Waals surface area contributed by atoms with Gasteiger partial charge in [0, 0.05) is 22.3 Å². The average molecular weight is 333 g/mol. The van der Waals surface area contributed by atoms with Gasteiger partial charge in [-0.15, -0.1) is 0 Å². The van der Waals surface area contributed by atoms with Gasteiger partial charge in [0.05, 0.1) is 13.0 Å². The molecule has 0 spiro atoms.